The van der Waals surface area contributed by atoms with Gasteiger partial charge in [0.1, 0.15) is 10.6 Å². The zero-order valence-corrected chi connectivity index (χ0v) is 22.8. The van der Waals surface area contributed by atoms with E-state index in [9.17, 15) is 21.2 Å². The number of rotatable bonds is 6. The van der Waals surface area contributed by atoms with Crippen LogP contribution in [0.1, 0.15) is 30.4 Å². The van der Waals surface area contributed by atoms with Crippen LogP contribution in [-0.4, -0.2) is 30.0 Å². The lowest BCUT2D eigenvalue weighted by Crippen LogP contribution is -2.52. The standard InChI is InChI=1S/C27H25ClF2O6S2/c1-17-2-6-22(7-3-17)38(33,34)36-15-18-12-13-27(37(31,32)21-8-4-20(28)5-9-21)19(14-18)16-35-26-24(30)11-10-23(29)25(26)27/h2-11,18-19H,12-16H2,1H3/t18-,19-,27?/m1/s1. The summed E-state index contributed by atoms with van der Waals surface area (Å²) in [5.41, 5.74) is 0.575. The fourth-order valence-corrected chi connectivity index (χ4v) is 9.01. The molecule has 2 aliphatic rings. The Balaban J connectivity index is 1.50. The van der Waals surface area contributed by atoms with Crippen LogP contribution in [0.4, 0.5) is 8.78 Å². The Morgan fingerprint density at radius 3 is 2.26 bits per heavy atom. The predicted octanol–water partition coefficient (Wildman–Crippen LogP) is 5.81. The highest BCUT2D eigenvalue weighted by Gasteiger charge is 2.59. The Morgan fingerprint density at radius 2 is 1.58 bits per heavy atom. The quantitative estimate of drug-likeness (QED) is 0.341. The van der Waals surface area contributed by atoms with Crippen LogP contribution in [0.25, 0.3) is 0 Å². The van der Waals surface area contributed by atoms with Crippen molar-refractivity contribution in [2.45, 2.75) is 40.7 Å². The molecule has 0 radical (unpaired) electrons. The molecule has 0 aromatic heterocycles. The molecule has 1 fully saturated rings. The fourth-order valence-electron chi connectivity index (χ4n) is 5.54. The number of benzene rings is 3. The van der Waals surface area contributed by atoms with Crippen molar-refractivity contribution in [3.05, 3.63) is 88.4 Å². The average Bonchev–Trinajstić information content (AvgIpc) is 2.89. The van der Waals surface area contributed by atoms with Gasteiger partial charge in [-0.1, -0.05) is 29.3 Å². The minimum Gasteiger partial charge on any atom is -0.490 e. The maximum Gasteiger partial charge on any atom is 0.296 e. The molecule has 0 spiro atoms. The second-order valence-corrected chi connectivity index (χ2v) is 14.0. The van der Waals surface area contributed by atoms with Gasteiger partial charge in [-0.05, 0) is 80.6 Å². The summed E-state index contributed by atoms with van der Waals surface area (Å²) in [6, 6.07) is 13.6. The van der Waals surface area contributed by atoms with E-state index in [0.717, 1.165) is 17.7 Å². The number of halogens is 3. The first-order chi connectivity index (χ1) is 18.0. The Labute approximate surface area is 225 Å². The van der Waals surface area contributed by atoms with Crippen LogP contribution in [0.2, 0.25) is 5.02 Å². The van der Waals surface area contributed by atoms with E-state index in [-0.39, 0.29) is 53.7 Å². The van der Waals surface area contributed by atoms with Crippen LogP contribution in [0, 0.1) is 30.4 Å². The van der Waals surface area contributed by atoms with Crippen molar-refractivity contribution in [1.82, 2.24) is 0 Å². The van der Waals surface area contributed by atoms with Crippen LogP contribution in [0.3, 0.4) is 0 Å². The van der Waals surface area contributed by atoms with Crippen LogP contribution in [0.5, 0.6) is 5.75 Å². The molecule has 1 unspecified atom stereocenters. The summed E-state index contributed by atoms with van der Waals surface area (Å²) in [5, 5.41) is 0.332. The van der Waals surface area contributed by atoms with Gasteiger partial charge in [-0.25, -0.2) is 17.2 Å². The van der Waals surface area contributed by atoms with Crippen molar-refractivity contribution in [3.8, 4) is 5.75 Å². The smallest absolute Gasteiger partial charge is 0.296 e. The highest BCUT2D eigenvalue weighted by atomic mass is 35.5. The average molecular weight is 583 g/mol. The van der Waals surface area contributed by atoms with E-state index in [1.165, 1.54) is 36.4 Å². The molecule has 11 heteroatoms. The number of fused-ring (bicyclic) bond motifs is 3. The van der Waals surface area contributed by atoms with Gasteiger partial charge in [0.2, 0.25) is 0 Å². The maximum absolute atomic E-state index is 15.4. The van der Waals surface area contributed by atoms with E-state index in [4.69, 9.17) is 20.5 Å². The highest BCUT2D eigenvalue weighted by molar-refractivity contribution is 7.92. The molecule has 1 heterocycles. The molecule has 0 amide bonds. The SMILES string of the molecule is Cc1ccc(S(=O)(=O)OC[C@@H]2CCC3(S(=O)(=O)c4ccc(Cl)cc4)c4c(F)ccc(F)c4OC[C@H]3C2)cc1. The first kappa shape index (κ1) is 27.1. The van der Waals surface area contributed by atoms with Gasteiger partial charge in [-0.15, -0.1) is 0 Å². The van der Waals surface area contributed by atoms with Crippen LogP contribution in [0.15, 0.2) is 70.5 Å². The summed E-state index contributed by atoms with van der Waals surface area (Å²) >= 11 is 5.97. The third-order valence-corrected chi connectivity index (χ3v) is 11.6. The summed E-state index contributed by atoms with van der Waals surface area (Å²) in [5.74, 6) is -3.26. The fraction of sp³-hybridized carbons (Fsp3) is 0.333. The minimum absolute atomic E-state index is 0.0195. The predicted molar refractivity (Wildman–Crippen MR) is 137 cm³/mol. The van der Waals surface area contributed by atoms with Gasteiger partial charge in [0.25, 0.3) is 10.1 Å². The molecule has 5 rings (SSSR count). The second kappa shape index (κ2) is 9.89. The van der Waals surface area contributed by atoms with Gasteiger partial charge in [0.05, 0.1) is 28.6 Å². The van der Waals surface area contributed by atoms with Crippen molar-refractivity contribution in [2.75, 3.05) is 13.2 Å². The first-order valence-electron chi connectivity index (χ1n) is 12.0. The highest BCUT2D eigenvalue weighted by Crippen LogP contribution is 2.57. The number of sulfone groups is 1. The zero-order chi connectivity index (χ0) is 27.3. The van der Waals surface area contributed by atoms with Gasteiger partial charge in [-0.2, -0.15) is 8.42 Å². The van der Waals surface area contributed by atoms with E-state index in [2.05, 4.69) is 0 Å². The first-order valence-corrected chi connectivity index (χ1v) is 15.3. The topological polar surface area (TPSA) is 86.7 Å². The molecule has 202 valence electrons. The Bertz CT molecular complexity index is 1570. The molecular weight excluding hydrogens is 558 g/mol. The van der Waals surface area contributed by atoms with E-state index in [1.807, 2.05) is 6.92 Å². The monoisotopic (exact) mass is 582 g/mol. The van der Waals surface area contributed by atoms with Crippen molar-refractivity contribution in [1.29, 1.82) is 0 Å². The maximum atomic E-state index is 15.4. The molecular formula is C27H25ClF2O6S2. The number of hydrogen-bond donors (Lipinski definition) is 0. The lowest BCUT2D eigenvalue weighted by molar-refractivity contribution is 0.0805. The van der Waals surface area contributed by atoms with Crippen molar-refractivity contribution in [2.24, 2.45) is 11.8 Å². The van der Waals surface area contributed by atoms with Crippen molar-refractivity contribution >= 4 is 31.6 Å². The molecule has 38 heavy (non-hydrogen) atoms. The summed E-state index contributed by atoms with van der Waals surface area (Å²) in [4.78, 5) is -0.0499. The molecule has 6 nitrogen and oxygen atoms in total. The summed E-state index contributed by atoms with van der Waals surface area (Å²) in [6.45, 7) is 1.48. The molecule has 3 aromatic carbocycles. The Kier molecular flexibility index (Phi) is 7.04. The molecule has 0 saturated heterocycles. The van der Waals surface area contributed by atoms with Crippen molar-refractivity contribution in [3.63, 3.8) is 0 Å². The molecule has 3 atom stereocenters. The lowest BCUT2D eigenvalue weighted by atomic mass is 9.69. The summed E-state index contributed by atoms with van der Waals surface area (Å²) in [7, 11) is -8.30. The molecule has 3 aromatic rings. The molecule has 1 aliphatic carbocycles. The van der Waals surface area contributed by atoms with E-state index < -0.39 is 48.0 Å². The van der Waals surface area contributed by atoms with Gasteiger partial charge in [-0.3, -0.25) is 4.18 Å². The molecule has 1 saturated carbocycles. The van der Waals surface area contributed by atoms with E-state index >= 15 is 4.39 Å². The van der Waals surface area contributed by atoms with Gasteiger partial charge >= 0.3 is 0 Å². The normalized spacial score (nSPS) is 23.3. The number of hydrogen-bond acceptors (Lipinski definition) is 6. The van der Waals surface area contributed by atoms with Gasteiger partial charge < -0.3 is 4.74 Å². The number of ether oxygens (including phenoxy) is 1. The van der Waals surface area contributed by atoms with E-state index in [1.54, 1.807) is 12.1 Å². The Hall–Kier alpha value is -2.53. The lowest BCUT2D eigenvalue weighted by Gasteiger charge is -2.49. The Morgan fingerprint density at radius 1 is 0.947 bits per heavy atom. The van der Waals surface area contributed by atoms with Crippen LogP contribution in [-0.2, 0) is 28.9 Å². The summed E-state index contributed by atoms with van der Waals surface area (Å²) < 4.78 is 93.0. The third kappa shape index (κ3) is 4.51. The molecule has 0 bridgehead atoms. The zero-order valence-electron chi connectivity index (χ0n) is 20.4. The van der Waals surface area contributed by atoms with Crippen LogP contribution < -0.4 is 4.74 Å². The molecule has 0 N–H and O–H groups in total. The van der Waals surface area contributed by atoms with Gasteiger partial charge in [0, 0.05) is 10.9 Å². The summed E-state index contributed by atoms with van der Waals surface area (Å²) in [6.07, 6.45) is 0.311. The van der Waals surface area contributed by atoms with E-state index in [0.29, 0.717) is 5.02 Å². The van der Waals surface area contributed by atoms with Crippen LogP contribution >= 0.6 is 11.6 Å². The van der Waals surface area contributed by atoms with Crippen molar-refractivity contribution < 1.29 is 34.5 Å². The number of aryl methyl sites for hydroxylation is 1. The largest absolute Gasteiger partial charge is 0.490 e. The van der Waals surface area contributed by atoms with Gasteiger partial charge in [0.15, 0.2) is 21.4 Å². The third-order valence-electron chi connectivity index (χ3n) is 7.48. The second-order valence-electron chi connectivity index (χ2n) is 9.78. The molecule has 1 aliphatic heterocycles. The minimum atomic E-state index is -4.27.